The lowest BCUT2D eigenvalue weighted by molar-refractivity contribution is 0.436. The molecule has 0 saturated heterocycles. The van der Waals surface area contributed by atoms with Gasteiger partial charge in [-0.25, -0.2) is 0 Å². The van der Waals surface area contributed by atoms with Crippen molar-refractivity contribution < 1.29 is 9.47 Å². The van der Waals surface area contributed by atoms with Gasteiger partial charge >= 0.3 is 0 Å². The van der Waals surface area contributed by atoms with Gasteiger partial charge in [-0.3, -0.25) is 0 Å². The van der Waals surface area contributed by atoms with E-state index in [1.54, 1.807) is 0 Å². The van der Waals surface area contributed by atoms with Crippen LogP contribution in [-0.4, -0.2) is 0 Å². The van der Waals surface area contributed by atoms with Crippen LogP contribution in [0.25, 0.3) is 44.2 Å². The first-order valence-electron chi connectivity index (χ1n) is 23.8. The fraction of sp³-hybridized carbons (Fsp3) is 0.0303. The Bertz CT molecular complexity index is 3900. The Morgan fingerprint density at radius 2 is 0.754 bits per heavy atom. The fourth-order valence-electron chi connectivity index (χ4n) is 12.7. The van der Waals surface area contributed by atoms with Gasteiger partial charge < -0.3 is 14.4 Å². The van der Waals surface area contributed by atoms with Crippen molar-refractivity contribution in [2.75, 3.05) is 4.90 Å². The Hall–Kier alpha value is -8.92. The summed E-state index contributed by atoms with van der Waals surface area (Å²) in [5.74, 6) is 3.51. The fourth-order valence-corrected chi connectivity index (χ4v) is 12.7. The molecule has 15 rings (SSSR count). The summed E-state index contributed by atoms with van der Waals surface area (Å²) in [7, 11) is 0. The van der Waals surface area contributed by atoms with Crippen LogP contribution >= 0.6 is 0 Å². The minimum Gasteiger partial charge on any atom is -0.457 e. The Morgan fingerprint density at radius 1 is 0.275 bits per heavy atom. The minimum atomic E-state index is -0.675. The van der Waals surface area contributed by atoms with Crippen LogP contribution in [0.3, 0.4) is 0 Å². The van der Waals surface area contributed by atoms with Gasteiger partial charge in [0.05, 0.1) is 22.2 Å². The van der Waals surface area contributed by atoms with Crippen LogP contribution in [0.15, 0.2) is 249 Å². The maximum atomic E-state index is 6.95. The van der Waals surface area contributed by atoms with Crippen molar-refractivity contribution in [3.8, 4) is 56.4 Å². The Kier molecular flexibility index (Phi) is 7.92. The summed E-state index contributed by atoms with van der Waals surface area (Å²) >= 11 is 0. The lowest BCUT2D eigenvalue weighted by Crippen LogP contribution is -2.32. The van der Waals surface area contributed by atoms with Crippen LogP contribution in [0.1, 0.15) is 44.5 Å². The van der Waals surface area contributed by atoms with E-state index in [1.807, 2.05) is 0 Å². The van der Waals surface area contributed by atoms with Crippen molar-refractivity contribution >= 4 is 27.8 Å². The topological polar surface area (TPSA) is 21.7 Å². The van der Waals surface area contributed by atoms with Crippen molar-refractivity contribution in [1.82, 2.24) is 0 Å². The summed E-state index contributed by atoms with van der Waals surface area (Å²) in [5, 5.41) is 2.34. The molecule has 2 spiro atoms. The van der Waals surface area contributed by atoms with Crippen molar-refractivity contribution in [1.29, 1.82) is 0 Å². The summed E-state index contributed by atoms with van der Waals surface area (Å²) in [6.45, 7) is 0. The van der Waals surface area contributed by atoms with Crippen LogP contribution in [0.4, 0.5) is 17.1 Å². The molecular formula is C66H41NO2. The first-order chi connectivity index (χ1) is 34.2. The normalized spacial score (nSPS) is 15.7. The zero-order chi connectivity index (χ0) is 45.3. The SMILES string of the molecule is c1ccc(-c2ccccc2N(c2ccc3c(c2)C2(c4ccccc4Oc4cc5ccccc5cc42)c2ccccc2-3)c2cccc3c2-c2ccccc2C32c3ccccc3Oc3ccccc32)cc1. The third-order valence-corrected chi connectivity index (χ3v) is 15.4. The van der Waals surface area contributed by atoms with E-state index in [0.717, 1.165) is 78.8 Å². The molecule has 3 heteroatoms. The smallest absolute Gasteiger partial charge is 0.132 e. The maximum absolute atomic E-state index is 6.95. The Balaban J connectivity index is 1.06. The van der Waals surface area contributed by atoms with Crippen LogP contribution in [0.5, 0.6) is 23.0 Å². The molecule has 322 valence electrons. The quantitative estimate of drug-likeness (QED) is 0.176. The molecule has 4 aliphatic rings. The van der Waals surface area contributed by atoms with E-state index in [9.17, 15) is 0 Å². The van der Waals surface area contributed by atoms with Crippen molar-refractivity contribution in [2.24, 2.45) is 0 Å². The highest BCUT2D eigenvalue weighted by Gasteiger charge is 2.53. The van der Waals surface area contributed by atoms with Crippen LogP contribution in [0.2, 0.25) is 0 Å². The molecule has 2 aliphatic heterocycles. The highest BCUT2D eigenvalue weighted by molar-refractivity contribution is 6.01. The summed E-state index contributed by atoms with van der Waals surface area (Å²) in [4.78, 5) is 2.54. The molecule has 11 aromatic carbocycles. The highest BCUT2D eigenvalue weighted by Crippen LogP contribution is 2.66. The van der Waals surface area contributed by atoms with Gasteiger partial charge in [-0.1, -0.05) is 194 Å². The summed E-state index contributed by atoms with van der Waals surface area (Å²) in [6, 6.07) is 91.1. The predicted octanol–water partition coefficient (Wildman–Crippen LogP) is 16.9. The van der Waals surface area contributed by atoms with E-state index in [1.165, 1.54) is 49.9 Å². The molecule has 2 heterocycles. The lowest BCUT2D eigenvalue weighted by atomic mass is 9.65. The number of benzene rings is 11. The zero-order valence-corrected chi connectivity index (χ0v) is 37.4. The van der Waals surface area contributed by atoms with Gasteiger partial charge in [0.2, 0.25) is 0 Å². The number of fused-ring (bicyclic) bond motifs is 19. The third-order valence-electron chi connectivity index (χ3n) is 15.4. The molecule has 0 amide bonds. The van der Waals surface area contributed by atoms with Crippen LogP contribution < -0.4 is 14.4 Å². The predicted molar refractivity (Wildman–Crippen MR) is 279 cm³/mol. The van der Waals surface area contributed by atoms with E-state index in [2.05, 4.69) is 254 Å². The molecule has 2 aliphatic carbocycles. The van der Waals surface area contributed by atoms with Crippen molar-refractivity contribution in [3.05, 3.63) is 293 Å². The third kappa shape index (κ3) is 5.06. The molecule has 0 bridgehead atoms. The molecular weight excluding hydrogens is 839 g/mol. The highest BCUT2D eigenvalue weighted by atomic mass is 16.5. The van der Waals surface area contributed by atoms with Gasteiger partial charge in [0.1, 0.15) is 23.0 Å². The van der Waals surface area contributed by atoms with E-state index in [0.29, 0.717) is 0 Å². The number of hydrogen-bond acceptors (Lipinski definition) is 3. The molecule has 69 heavy (non-hydrogen) atoms. The molecule has 0 N–H and O–H groups in total. The number of rotatable bonds is 4. The number of anilines is 3. The molecule has 11 aromatic rings. The molecule has 0 aromatic heterocycles. The van der Waals surface area contributed by atoms with E-state index in [-0.39, 0.29) is 0 Å². The number of hydrogen-bond donors (Lipinski definition) is 0. The summed E-state index contributed by atoms with van der Waals surface area (Å²) < 4.78 is 13.7. The maximum Gasteiger partial charge on any atom is 0.132 e. The van der Waals surface area contributed by atoms with Gasteiger partial charge in [-0.2, -0.15) is 0 Å². The first-order valence-corrected chi connectivity index (χ1v) is 23.8. The van der Waals surface area contributed by atoms with E-state index < -0.39 is 10.8 Å². The monoisotopic (exact) mass is 879 g/mol. The van der Waals surface area contributed by atoms with Gasteiger partial charge in [-0.05, 0) is 110 Å². The molecule has 1 unspecified atom stereocenters. The second-order valence-corrected chi connectivity index (χ2v) is 18.6. The summed E-state index contributed by atoms with van der Waals surface area (Å²) in [5.41, 5.74) is 18.7. The largest absolute Gasteiger partial charge is 0.457 e. The number of ether oxygens (including phenoxy) is 2. The zero-order valence-electron chi connectivity index (χ0n) is 37.4. The average Bonchev–Trinajstić information content (AvgIpc) is 3.87. The average molecular weight is 880 g/mol. The number of nitrogens with zero attached hydrogens (tertiary/aromatic N) is 1. The van der Waals surface area contributed by atoms with Crippen molar-refractivity contribution in [3.63, 3.8) is 0 Å². The van der Waals surface area contributed by atoms with E-state index in [4.69, 9.17) is 9.47 Å². The van der Waals surface area contributed by atoms with Crippen LogP contribution in [0, 0.1) is 0 Å². The van der Waals surface area contributed by atoms with Gasteiger partial charge in [0.15, 0.2) is 0 Å². The second kappa shape index (κ2) is 14.3. The molecule has 1 atom stereocenters. The molecule has 0 saturated carbocycles. The van der Waals surface area contributed by atoms with Gasteiger partial charge in [0.25, 0.3) is 0 Å². The molecule has 0 radical (unpaired) electrons. The van der Waals surface area contributed by atoms with E-state index >= 15 is 0 Å². The second-order valence-electron chi connectivity index (χ2n) is 18.6. The van der Waals surface area contributed by atoms with Crippen LogP contribution in [-0.2, 0) is 10.8 Å². The Labute approximate surface area is 400 Å². The standard InChI is InChI=1S/C66H41NO2/c1-2-19-42(20-3-1)46-23-8-14-32-58(46)67(59-33-18-31-55-64(59)49-25-7-10-27-51(49)65(55)52-28-11-15-34-60(52)68-61-35-16-12-29-53(61)65)45-37-38-48-47-24-6-9-26-50(47)66(56(48)41-45)54-30-13-17-36-62(54)69-63-40-44-22-5-4-21-43(44)39-57(63)66/h1-41H. The van der Waals surface area contributed by atoms with Crippen molar-refractivity contribution in [2.45, 2.75) is 10.8 Å². The molecule has 0 fully saturated rings. The first kappa shape index (κ1) is 38.2. The number of para-hydroxylation sites is 4. The van der Waals surface area contributed by atoms with Gasteiger partial charge in [-0.15, -0.1) is 0 Å². The Morgan fingerprint density at radius 3 is 1.45 bits per heavy atom. The molecule has 3 nitrogen and oxygen atoms in total. The lowest BCUT2D eigenvalue weighted by Gasteiger charge is -2.40. The van der Waals surface area contributed by atoms with Gasteiger partial charge in [0, 0.05) is 39.1 Å². The summed E-state index contributed by atoms with van der Waals surface area (Å²) in [6.07, 6.45) is 0. The minimum absolute atomic E-state index is 0.625.